The summed E-state index contributed by atoms with van der Waals surface area (Å²) in [7, 11) is 0. The number of nitrogens with zero attached hydrogens (tertiary/aromatic N) is 1. The summed E-state index contributed by atoms with van der Waals surface area (Å²) in [5.74, 6) is 0. The molecule has 66 valence electrons. The van der Waals surface area contributed by atoms with Crippen molar-refractivity contribution >= 4 is 29.3 Å². The Hall–Kier alpha value is -0.600. The molecule has 0 saturated carbocycles. The lowest BCUT2D eigenvalue weighted by Gasteiger charge is -1.98. The van der Waals surface area contributed by atoms with Gasteiger partial charge in [-0.05, 0) is 37.1 Å². The Morgan fingerprint density at radius 1 is 1.50 bits per heavy atom. The fourth-order valence-corrected chi connectivity index (χ4v) is 0.854. The molecule has 0 N–H and O–H groups in total. The van der Waals surface area contributed by atoms with Gasteiger partial charge in [0.05, 0.1) is 5.56 Å². The van der Waals surface area contributed by atoms with Gasteiger partial charge in [0.1, 0.15) is 0 Å². The zero-order valence-electron chi connectivity index (χ0n) is 6.80. The summed E-state index contributed by atoms with van der Waals surface area (Å²) in [6, 6.07) is 1.73. The first-order valence-electron chi connectivity index (χ1n) is 3.24. The second-order valence-electron chi connectivity index (χ2n) is 2.40. The highest BCUT2D eigenvalue weighted by Gasteiger charge is 2.02. The van der Waals surface area contributed by atoms with Gasteiger partial charge in [0.2, 0.25) is 0 Å². The SMILES string of the molecule is Cc1cc(C(=O)Cl)cnc1C.Cl. The quantitative estimate of drug-likeness (QED) is 0.660. The van der Waals surface area contributed by atoms with Crippen LogP contribution >= 0.6 is 24.0 Å². The summed E-state index contributed by atoms with van der Waals surface area (Å²) >= 11 is 5.25. The Kier molecular flexibility index (Phi) is 4.21. The van der Waals surface area contributed by atoms with Crippen LogP contribution in [0.2, 0.25) is 0 Å². The normalized spacial score (nSPS) is 8.92. The van der Waals surface area contributed by atoms with Crippen LogP contribution in [-0.4, -0.2) is 10.2 Å². The van der Waals surface area contributed by atoms with Crippen molar-refractivity contribution in [1.29, 1.82) is 0 Å². The van der Waals surface area contributed by atoms with Crippen molar-refractivity contribution in [2.24, 2.45) is 0 Å². The van der Waals surface area contributed by atoms with Gasteiger partial charge < -0.3 is 0 Å². The maximum Gasteiger partial charge on any atom is 0.253 e. The first-order chi connectivity index (χ1) is 5.11. The van der Waals surface area contributed by atoms with Gasteiger partial charge in [-0.1, -0.05) is 0 Å². The zero-order chi connectivity index (χ0) is 8.43. The minimum Gasteiger partial charge on any atom is -0.276 e. The molecule has 0 unspecified atom stereocenters. The minimum atomic E-state index is -0.458. The zero-order valence-corrected chi connectivity index (χ0v) is 8.37. The number of halogens is 2. The van der Waals surface area contributed by atoms with Gasteiger partial charge in [-0.2, -0.15) is 0 Å². The fraction of sp³-hybridized carbons (Fsp3) is 0.250. The molecule has 0 aromatic carbocycles. The summed E-state index contributed by atoms with van der Waals surface area (Å²) in [4.78, 5) is 14.6. The van der Waals surface area contributed by atoms with E-state index in [-0.39, 0.29) is 12.4 Å². The van der Waals surface area contributed by atoms with Crippen molar-refractivity contribution in [3.05, 3.63) is 29.1 Å². The second-order valence-corrected chi connectivity index (χ2v) is 2.74. The summed E-state index contributed by atoms with van der Waals surface area (Å²) in [5, 5.41) is -0.458. The molecule has 0 aliphatic carbocycles. The molecule has 2 nitrogen and oxygen atoms in total. The molecule has 0 fully saturated rings. The Morgan fingerprint density at radius 3 is 2.50 bits per heavy atom. The molecule has 0 bridgehead atoms. The summed E-state index contributed by atoms with van der Waals surface area (Å²) in [6.45, 7) is 3.78. The van der Waals surface area contributed by atoms with Crippen LogP contribution in [0.1, 0.15) is 21.6 Å². The molecule has 0 atom stereocenters. The second kappa shape index (κ2) is 4.43. The van der Waals surface area contributed by atoms with Gasteiger partial charge >= 0.3 is 0 Å². The highest BCUT2D eigenvalue weighted by molar-refractivity contribution is 6.67. The van der Waals surface area contributed by atoms with Crippen LogP contribution in [0.5, 0.6) is 0 Å². The van der Waals surface area contributed by atoms with Crippen LogP contribution in [-0.2, 0) is 0 Å². The third-order valence-electron chi connectivity index (χ3n) is 1.57. The minimum absolute atomic E-state index is 0. The van der Waals surface area contributed by atoms with Crippen LogP contribution in [0, 0.1) is 13.8 Å². The number of rotatable bonds is 1. The Labute approximate surface area is 82.4 Å². The standard InChI is InChI=1S/C8H8ClNO.ClH/c1-5-3-7(8(9)11)4-10-6(5)2;/h3-4H,1-2H3;1H. The largest absolute Gasteiger partial charge is 0.276 e. The van der Waals surface area contributed by atoms with E-state index >= 15 is 0 Å². The molecule has 0 amide bonds. The van der Waals surface area contributed by atoms with Gasteiger partial charge in [-0.15, -0.1) is 12.4 Å². The summed E-state index contributed by atoms with van der Waals surface area (Å²) in [5.41, 5.74) is 2.36. The number of hydrogen-bond donors (Lipinski definition) is 0. The molecule has 0 spiro atoms. The van der Waals surface area contributed by atoms with Crippen molar-refractivity contribution in [3.8, 4) is 0 Å². The molecule has 1 aromatic heterocycles. The lowest BCUT2D eigenvalue weighted by Crippen LogP contribution is -1.94. The highest BCUT2D eigenvalue weighted by Crippen LogP contribution is 2.08. The summed E-state index contributed by atoms with van der Waals surface area (Å²) < 4.78 is 0. The van der Waals surface area contributed by atoms with E-state index in [0.717, 1.165) is 11.3 Å². The maximum atomic E-state index is 10.6. The average molecular weight is 206 g/mol. The van der Waals surface area contributed by atoms with Gasteiger partial charge in [0.15, 0.2) is 0 Å². The van der Waals surface area contributed by atoms with E-state index < -0.39 is 5.24 Å². The molecule has 0 radical (unpaired) electrons. The van der Waals surface area contributed by atoms with Crippen molar-refractivity contribution in [2.45, 2.75) is 13.8 Å². The molecule has 1 rings (SSSR count). The number of hydrogen-bond acceptors (Lipinski definition) is 2. The third-order valence-corrected chi connectivity index (χ3v) is 1.79. The van der Waals surface area contributed by atoms with E-state index in [1.165, 1.54) is 6.20 Å². The predicted molar refractivity (Wildman–Crippen MR) is 51.1 cm³/mol. The van der Waals surface area contributed by atoms with Crippen molar-refractivity contribution in [1.82, 2.24) is 4.98 Å². The smallest absolute Gasteiger partial charge is 0.253 e. The molecule has 12 heavy (non-hydrogen) atoms. The van der Waals surface area contributed by atoms with Gasteiger partial charge in [0.25, 0.3) is 5.24 Å². The molecule has 4 heteroatoms. The topological polar surface area (TPSA) is 30.0 Å². The molecule has 0 aliphatic heterocycles. The van der Waals surface area contributed by atoms with E-state index in [4.69, 9.17) is 11.6 Å². The molecule has 0 saturated heterocycles. The molecular formula is C8H9Cl2NO. The monoisotopic (exact) mass is 205 g/mol. The molecule has 1 aromatic rings. The number of aryl methyl sites for hydroxylation is 2. The van der Waals surface area contributed by atoms with Crippen LogP contribution in [0.3, 0.4) is 0 Å². The number of carbonyl (C=O) groups is 1. The van der Waals surface area contributed by atoms with Crippen molar-refractivity contribution in [3.63, 3.8) is 0 Å². The third kappa shape index (κ3) is 2.47. The highest BCUT2D eigenvalue weighted by atomic mass is 35.5. The van der Waals surface area contributed by atoms with Crippen LogP contribution in [0.25, 0.3) is 0 Å². The van der Waals surface area contributed by atoms with Gasteiger partial charge in [0, 0.05) is 11.9 Å². The predicted octanol–water partition coefficient (Wildman–Crippen LogP) is 2.50. The average Bonchev–Trinajstić information content (AvgIpc) is 1.94. The van der Waals surface area contributed by atoms with Crippen LogP contribution < -0.4 is 0 Å². The first kappa shape index (κ1) is 11.4. The lowest BCUT2D eigenvalue weighted by atomic mass is 10.2. The Bertz CT molecular complexity index is 299. The van der Waals surface area contributed by atoms with Gasteiger partial charge in [-0.3, -0.25) is 9.78 Å². The van der Waals surface area contributed by atoms with E-state index in [1.54, 1.807) is 6.07 Å². The number of aromatic nitrogens is 1. The van der Waals surface area contributed by atoms with E-state index in [1.807, 2.05) is 13.8 Å². The Morgan fingerprint density at radius 2 is 2.08 bits per heavy atom. The van der Waals surface area contributed by atoms with E-state index in [9.17, 15) is 4.79 Å². The van der Waals surface area contributed by atoms with Crippen LogP contribution in [0.4, 0.5) is 0 Å². The lowest BCUT2D eigenvalue weighted by molar-refractivity contribution is 0.108. The fourth-order valence-electron chi connectivity index (χ4n) is 0.751. The van der Waals surface area contributed by atoms with E-state index in [2.05, 4.69) is 4.98 Å². The number of carbonyl (C=O) groups excluding carboxylic acids is 1. The molecular weight excluding hydrogens is 197 g/mol. The van der Waals surface area contributed by atoms with E-state index in [0.29, 0.717) is 5.56 Å². The molecule has 0 aliphatic rings. The van der Waals surface area contributed by atoms with Crippen molar-refractivity contribution < 1.29 is 4.79 Å². The maximum absolute atomic E-state index is 10.6. The first-order valence-corrected chi connectivity index (χ1v) is 3.62. The summed E-state index contributed by atoms with van der Waals surface area (Å²) in [6.07, 6.45) is 1.48. The van der Waals surface area contributed by atoms with Gasteiger partial charge in [-0.25, -0.2) is 0 Å². The Balaban J connectivity index is 0.00000121. The molecule has 1 heterocycles. The number of pyridine rings is 1. The van der Waals surface area contributed by atoms with Crippen LogP contribution in [0.15, 0.2) is 12.3 Å². The van der Waals surface area contributed by atoms with Crippen molar-refractivity contribution in [2.75, 3.05) is 0 Å².